The number of thiazole rings is 1. The molecule has 1 aromatic heterocycles. The van der Waals surface area contributed by atoms with Crippen molar-refractivity contribution in [1.82, 2.24) is 15.2 Å². The summed E-state index contributed by atoms with van der Waals surface area (Å²) in [5, 5.41) is 8.43. The van der Waals surface area contributed by atoms with Crippen LogP contribution in [0.15, 0.2) is 5.38 Å². The number of aryl methyl sites for hydroxylation is 1. The lowest BCUT2D eigenvalue weighted by molar-refractivity contribution is -0.121. The summed E-state index contributed by atoms with van der Waals surface area (Å²) in [4.78, 5) is 30.2. The largest absolute Gasteiger partial charge is 0.335 e. The lowest BCUT2D eigenvalue weighted by Gasteiger charge is -2.31. The van der Waals surface area contributed by atoms with Gasteiger partial charge < -0.3 is 15.5 Å². The van der Waals surface area contributed by atoms with Crippen LogP contribution in [0.2, 0.25) is 0 Å². The smallest absolute Gasteiger partial charge is 0.317 e. The van der Waals surface area contributed by atoms with E-state index in [0.29, 0.717) is 37.1 Å². The van der Waals surface area contributed by atoms with Crippen molar-refractivity contribution in [1.29, 1.82) is 0 Å². The zero-order valence-corrected chi connectivity index (χ0v) is 12.9. The van der Waals surface area contributed by atoms with Crippen LogP contribution in [0, 0.1) is 12.8 Å². The van der Waals surface area contributed by atoms with E-state index in [9.17, 15) is 9.59 Å². The molecule has 1 aromatic rings. The third-order valence-electron chi connectivity index (χ3n) is 3.91. The van der Waals surface area contributed by atoms with E-state index in [1.807, 2.05) is 17.2 Å². The summed E-state index contributed by atoms with van der Waals surface area (Å²) < 4.78 is 0. The van der Waals surface area contributed by atoms with E-state index in [1.165, 1.54) is 11.3 Å². The minimum Gasteiger partial charge on any atom is -0.335 e. The quantitative estimate of drug-likeness (QED) is 0.896. The van der Waals surface area contributed by atoms with E-state index >= 15 is 0 Å². The van der Waals surface area contributed by atoms with Crippen LogP contribution in [0.25, 0.3) is 0 Å². The standard InChI is InChI=1S/C14H20N4O2S/c1-9-8-21-13(15-9)17-12(19)10-4-6-18(7-5-10)14(20)16-11-2-3-11/h8,10-11H,2-7H2,1H3,(H,16,20)(H,15,17,19). The first-order chi connectivity index (χ1) is 10.1. The molecule has 7 heteroatoms. The Labute approximate surface area is 127 Å². The minimum absolute atomic E-state index is 0.0200. The predicted octanol–water partition coefficient (Wildman–Crippen LogP) is 1.97. The molecule has 0 aromatic carbocycles. The summed E-state index contributed by atoms with van der Waals surface area (Å²) in [6.07, 6.45) is 3.62. The summed E-state index contributed by atoms with van der Waals surface area (Å²) in [7, 11) is 0. The summed E-state index contributed by atoms with van der Waals surface area (Å²) >= 11 is 1.44. The van der Waals surface area contributed by atoms with Crippen LogP contribution in [0.5, 0.6) is 0 Å². The highest BCUT2D eigenvalue weighted by molar-refractivity contribution is 7.13. The molecule has 0 atom stereocenters. The number of nitrogens with zero attached hydrogens (tertiary/aromatic N) is 2. The highest BCUT2D eigenvalue weighted by Crippen LogP contribution is 2.23. The number of amides is 3. The Hall–Kier alpha value is -1.63. The maximum Gasteiger partial charge on any atom is 0.317 e. The van der Waals surface area contributed by atoms with Crippen LogP contribution in [0.3, 0.4) is 0 Å². The molecule has 2 N–H and O–H groups in total. The fraction of sp³-hybridized carbons (Fsp3) is 0.643. The molecule has 21 heavy (non-hydrogen) atoms. The summed E-state index contributed by atoms with van der Waals surface area (Å²) in [6, 6.07) is 0.401. The second-order valence-electron chi connectivity index (χ2n) is 5.77. The maximum atomic E-state index is 12.2. The van der Waals surface area contributed by atoms with Gasteiger partial charge in [-0.1, -0.05) is 0 Å². The van der Waals surface area contributed by atoms with Crippen LogP contribution < -0.4 is 10.6 Å². The van der Waals surface area contributed by atoms with Gasteiger partial charge in [0, 0.05) is 30.4 Å². The zero-order valence-electron chi connectivity index (χ0n) is 12.1. The van der Waals surface area contributed by atoms with Gasteiger partial charge in [0.2, 0.25) is 5.91 Å². The highest BCUT2D eigenvalue weighted by Gasteiger charge is 2.30. The van der Waals surface area contributed by atoms with Crippen LogP contribution in [0.1, 0.15) is 31.4 Å². The molecule has 2 heterocycles. The van der Waals surface area contributed by atoms with Crippen molar-refractivity contribution in [3.05, 3.63) is 11.1 Å². The monoisotopic (exact) mass is 308 g/mol. The predicted molar refractivity (Wildman–Crippen MR) is 81.3 cm³/mol. The van der Waals surface area contributed by atoms with Gasteiger partial charge in [0.15, 0.2) is 5.13 Å². The topological polar surface area (TPSA) is 74.3 Å². The Balaban J connectivity index is 1.46. The molecule has 1 saturated heterocycles. The van der Waals surface area contributed by atoms with Gasteiger partial charge in [-0.3, -0.25) is 4.79 Å². The Morgan fingerprint density at radius 1 is 1.29 bits per heavy atom. The molecular weight excluding hydrogens is 288 g/mol. The lowest BCUT2D eigenvalue weighted by Crippen LogP contribution is -2.46. The minimum atomic E-state index is -0.0285. The second-order valence-corrected chi connectivity index (χ2v) is 6.63. The average molecular weight is 308 g/mol. The second kappa shape index (κ2) is 6.01. The van der Waals surface area contributed by atoms with Gasteiger partial charge in [-0.05, 0) is 32.6 Å². The Morgan fingerprint density at radius 3 is 2.57 bits per heavy atom. The van der Waals surface area contributed by atoms with Crippen LogP contribution in [-0.4, -0.2) is 41.0 Å². The Kier molecular flexibility index (Phi) is 4.10. The number of urea groups is 1. The number of aromatic nitrogens is 1. The number of carbonyl (C=O) groups is 2. The molecule has 0 radical (unpaired) electrons. The number of rotatable bonds is 3. The fourth-order valence-electron chi connectivity index (χ4n) is 2.46. The van der Waals surface area contributed by atoms with Crippen LogP contribution >= 0.6 is 11.3 Å². The molecule has 1 aliphatic carbocycles. The molecule has 0 bridgehead atoms. The Morgan fingerprint density at radius 2 is 2.00 bits per heavy atom. The number of piperidine rings is 1. The molecule has 3 amide bonds. The summed E-state index contributed by atoms with van der Waals surface area (Å²) in [5.74, 6) is -0.00854. The summed E-state index contributed by atoms with van der Waals surface area (Å²) in [6.45, 7) is 3.20. The SMILES string of the molecule is Cc1csc(NC(=O)C2CCN(C(=O)NC3CC3)CC2)n1. The summed E-state index contributed by atoms with van der Waals surface area (Å²) in [5.41, 5.74) is 0.918. The first-order valence-electron chi connectivity index (χ1n) is 7.40. The first kappa shape index (κ1) is 14.3. The van der Waals surface area contributed by atoms with Crippen molar-refractivity contribution < 1.29 is 9.59 Å². The maximum absolute atomic E-state index is 12.2. The van der Waals surface area contributed by atoms with Crippen molar-refractivity contribution in [2.45, 2.75) is 38.6 Å². The number of hydrogen-bond donors (Lipinski definition) is 2. The number of hydrogen-bond acceptors (Lipinski definition) is 4. The van der Waals surface area contributed by atoms with Crippen molar-refractivity contribution in [2.75, 3.05) is 18.4 Å². The molecule has 6 nitrogen and oxygen atoms in total. The number of anilines is 1. The molecule has 1 aliphatic heterocycles. The number of nitrogens with one attached hydrogen (secondary N) is 2. The Bertz CT molecular complexity index is 533. The van der Waals surface area contributed by atoms with Crippen molar-refractivity contribution in [2.24, 2.45) is 5.92 Å². The molecular formula is C14H20N4O2S. The van der Waals surface area contributed by atoms with Gasteiger partial charge in [0.05, 0.1) is 5.69 Å². The highest BCUT2D eigenvalue weighted by atomic mass is 32.1. The normalized spacial score (nSPS) is 19.4. The van der Waals surface area contributed by atoms with E-state index < -0.39 is 0 Å². The van der Waals surface area contributed by atoms with E-state index in [-0.39, 0.29) is 17.9 Å². The van der Waals surface area contributed by atoms with Crippen LogP contribution in [0.4, 0.5) is 9.93 Å². The van der Waals surface area contributed by atoms with Crippen molar-refractivity contribution in [3.8, 4) is 0 Å². The zero-order chi connectivity index (χ0) is 14.8. The molecule has 0 spiro atoms. The van der Waals surface area contributed by atoms with E-state index in [4.69, 9.17) is 0 Å². The molecule has 3 rings (SSSR count). The van der Waals surface area contributed by atoms with Gasteiger partial charge >= 0.3 is 6.03 Å². The van der Waals surface area contributed by atoms with E-state index in [1.54, 1.807) is 0 Å². The molecule has 0 unspecified atom stereocenters. The third-order valence-corrected chi connectivity index (χ3v) is 4.78. The molecule has 2 fully saturated rings. The van der Waals surface area contributed by atoms with Gasteiger partial charge in [-0.2, -0.15) is 0 Å². The van der Waals surface area contributed by atoms with Gasteiger partial charge in [-0.15, -0.1) is 11.3 Å². The van der Waals surface area contributed by atoms with E-state index in [2.05, 4.69) is 15.6 Å². The number of likely N-dealkylation sites (tertiary alicyclic amines) is 1. The van der Waals surface area contributed by atoms with Gasteiger partial charge in [0.1, 0.15) is 0 Å². The van der Waals surface area contributed by atoms with Crippen molar-refractivity contribution >= 4 is 28.4 Å². The third kappa shape index (κ3) is 3.72. The van der Waals surface area contributed by atoms with Crippen LogP contribution in [-0.2, 0) is 4.79 Å². The van der Waals surface area contributed by atoms with E-state index in [0.717, 1.165) is 18.5 Å². The average Bonchev–Trinajstić information content (AvgIpc) is 3.20. The molecule has 2 aliphatic rings. The van der Waals surface area contributed by atoms with Gasteiger partial charge in [0.25, 0.3) is 0 Å². The molecule has 1 saturated carbocycles. The van der Waals surface area contributed by atoms with Crippen molar-refractivity contribution in [3.63, 3.8) is 0 Å². The first-order valence-corrected chi connectivity index (χ1v) is 8.28. The lowest BCUT2D eigenvalue weighted by atomic mass is 9.96. The van der Waals surface area contributed by atoms with Gasteiger partial charge in [-0.25, -0.2) is 9.78 Å². The fourth-order valence-corrected chi connectivity index (χ4v) is 3.15. The molecule has 114 valence electrons. The number of carbonyl (C=O) groups excluding carboxylic acids is 2.